The first-order chi connectivity index (χ1) is 6.93. The summed E-state index contributed by atoms with van der Waals surface area (Å²) in [5.74, 6) is -0.0606. The molecule has 94 valence electrons. The first-order valence-electron chi connectivity index (χ1n) is 5.60. The third-order valence-corrected chi connectivity index (χ3v) is 2.52. The normalized spacial score (nSPS) is 13.9. The maximum absolute atomic E-state index is 11.8. The van der Waals surface area contributed by atoms with Gasteiger partial charge in [-0.3, -0.25) is 4.79 Å². The molecule has 0 unspecified atom stereocenters. The van der Waals surface area contributed by atoms with E-state index in [-0.39, 0.29) is 11.3 Å². The molecule has 16 heavy (non-hydrogen) atoms. The predicted octanol–water partition coefficient (Wildman–Crippen LogP) is 2.21. The van der Waals surface area contributed by atoms with Crippen LogP contribution in [0.3, 0.4) is 0 Å². The molecule has 0 aromatic rings. The van der Waals surface area contributed by atoms with Crippen LogP contribution in [0.5, 0.6) is 0 Å². The molecule has 0 bridgehead atoms. The summed E-state index contributed by atoms with van der Waals surface area (Å²) in [6.45, 7) is 11.9. The van der Waals surface area contributed by atoms with E-state index in [4.69, 9.17) is 0 Å². The summed E-state index contributed by atoms with van der Waals surface area (Å²) in [6, 6.07) is 0. The predicted molar refractivity (Wildman–Crippen MR) is 67.1 cm³/mol. The molecular weight excluding hydrogens is 202 g/mol. The summed E-state index contributed by atoms with van der Waals surface area (Å²) in [6.07, 6.45) is 1.64. The Bertz CT molecular complexity index is 279. The quantitative estimate of drug-likeness (QED) is 0.751. The summed E-state index contributed by atoms with van der Waals surface area (Å²) < 4.78 is 0. The van der Waals surface area contributed by atoms with Crippen LogP contribution in [0.25, 0.3) is 0 Å². The van der Waals surface area contributed by atoms with Crippen LogP contribution in [0, 0.1) is 5.41 Å². The number of carbonyl (C=O) groups is 1. The number of allylic oxidation sites excluding steroid dienone is 1. The van der Waals surface area contributed by atoms with Crippen molar-refractivity contribution in [3.8, 4) is 0 Å². The Labute approximate surface area is 99.1 Å². The van der Waals surface area contributed by atoms with Crippen LogP contribution >= 0.6 is 0 Å². The van der Waals surface area contributed by atoms with Gasteiger partial charge >= 0.3 is 0 Å². The van der Waals surface area contributed by atoms with Gasteiger partial charge < -0.3 is 10.0 Å². The number of amides is 1. The van der Waals surface area contributed by atoms with Gasteiger partial charge in [0, 0.05) is 19.7 Å². The number of hydrogen-bond acceptors (Lipinski definition) is 2. The number of nitrogens with zero attached hydrogens (tertiary/aromatic N) is 1. The van der Waals surface area contributed by atoms with Crippen molar-refractivity contribution in [3.63, 3.8) is 0 Å². The van der Waals surface area contributed by atoms with Crippen LogP contribution in [-0.2, 0) is 4.79 Å². The molecule has 1 N–H and O–H groups in total. The van der Waals surface area contributed by atoms with Gasteiger partial charge in [0.05, 0.1) is 5.60 Å². The average Bonchev–Trinajstić information content (AvgIpc) is 1.98. The van der Waals surface area contributed by atoms with Gasteiger partial charge in [-0.25, -0.2) is 0 Å². The minimum atomic E-state index is -0.853. The van der Waals surface area contributed by atoms with Gasteiger partial charge in [-0.1, -0.05) is 26.3 Å². The molecule has 0 aromatic heterocycles. The molecule has 0 fully saturated rings. The maximum Gasteiger partial charge on any atom is 0.246 e. The third-order valence-electron chi connectivity index (χ3n) is 2.52. The molecular formula is C13H25NO2. The first-order valence-corrected chi connectivity index (χ1v) is 5.60. The van der Waals surface area contributed by atoms with Gasteiger partial charge in [-0.15, -0.1) is 0 Å². The Balaban J connectivity index is 4.60. The van der Waals surface area contributed by atoms with E-state index in [2.05, 4.69) is 20.8 Å². The van der Waals surface area contributed by atoms with Crippen LogP contribution in [0.2, 0.25) is 0 Å². The second-order valence-corrected chi connectivity index (χ2v) is 6.08. The van der Waals surface area contributed by atoms with Gasteiger partial charge in [-0.2, -0.15) is 0 Å². The summed E-state index contributed by atoms with van der Waals surface area (Å²) >= 11 is 0. The summed E-state index contributed by atoms with van der Waals surface area (Å²) in [5, 5.41) is 9.62. The van der Waals surface area contributed by atoms with Crippen LogP contribution in [0.1, 0.15) is 41.5 Å². The Hall–Kier alpha value is -0.830. The number of aliphatic hydroxyl groups is 1. The molecule has 0 rings (SSSR count). The zero-order valence-corrected chi connectivity index (χ0v) is 11.6. The van der Waals surface area contributed by atoms with Crippen LogP contribution < -0.4 is 0 Å². The lowest BCUT2D eigenvalue weighted by atomic mass is 9.87. The second-order valence-electron chi connectivity index (χ2n) is 6.08. The Kier molecular flexibility index (Phi) is 4.74. The molecule has 1 amide bonds. The molecule has 0 aliphatic rings. The van der Waals surface area contributed by atoms with Crippen molar-refractivity contribution < 1.29 is 9.90 Å². The molecule has 0 saturated carbocycles. The maximum atomic E-state index is 11.8. The number of carbonyl (C=O) groups excluding carboxylic acids is 1. The summed E-state index contributed by atoms with van der Waals surface area (Å²) in [7, 11) is 1.70. The van der Waals surface area contributed by atoms with E-state index in [1.54, 1.807) is 27.0 Å². The molecule has 0 radical (unpaired) electrons. The van der Waals surface area contributed by atoms with Gasteiger partial charge in [-0.05, 0) is 26.2 Å². The highest BCUT2D eigenvalue weighted by atomic mass is 16.3. The Morgan fingerprint density at radius 3 is 2.00 bits per heavy atom. The van der Waals surface area contributed by atoms with Gasteiger partial charge in [0.1, 0.15) is 0 Å². The second kappa shape index (κ2) is 5.00. The number of hydrogen-bond donors (Lipinski definition) is 1. The van der Waals surface area contributed by atoms with E-state index in [9.17, 15) is 9.90 Å². The smallest absolute Gasteiger partial charge is 0.246 e. The van der Waals surface area contributed by atoms with Gasteiger partial charge in [0.15, 0.2) is 0 Å². The van der Waals surface area contributed by atoms with Crippen LogP contribution in [-0.4, -0.2) is 35.1 Å². The molecule has 0 atom stereocenters. The van der Waals surface area contributed by atoms with E-state index >= 15 is 0 Å². The zero-order chi connectivity index (χ0) is 13.1. The zero-order valence-electron chi connectivity index (χ0n) is 11.6. The van der Waals surface area contributed by atoms with E-state index in [0.717, 1.165) is 5.57 Å². The Morgan fingerprint density at radius 2 is 1.69 bits per heavy atom. The van der Waals surface area contributed by atoms with Crippen LogP contribution in [0.4, 0.5) is 0 Å². The highest BCUT2D eigenvalue weighted by Gasteiger charge is 2.20. The highest BCUT2D eigenvalue weighted by Crippen LogP contribution is 2.24. The SMILES string of the molecule is C/C(=C/C(=O)N(C)CC(C)(C)O)C(C)(C)C. The Morgan fingerprint density at radius 1 is 1.25 bits per heavy atom. The van der Waals surface area contributed by atoms with E-state index < -0.39 is 5.60 Å². The van der Waals surface area contributed by atoms with E-state index in [1.165, 1.54) is 4.90 Å². The van der Waals surface area contributed by atoms with Gasteiger partial charge in [0.2, 0.25) is 5.91 Å². The van der Waals surface area contributed by atoms with E-state index in [0.29, 0.717) is 6.54 Å². The number of rotatable bonds is 3. The topological polar surface area (TPSA) is 40.5 Å². The lowest BCUT2D eigenvalue weighted by Gasteiger charge is -2.26. The summed E-state index contributed by atoms with van der Waals surface area (Å²) in [4.78, 5) is 13.4. The summed E-state index contributed by atoms with van der Waals surface area (Å²) in [5.41, 5.74) is 0.194. The molecule has 0 spiro atoms. The monoisotopic (exact) mass is 227 g/mol. The van der Waals surface area contributed by atoms with Crippen molar-refractivity contribution in [3.05, 3.63) is 11.6 Å². The average molecular weight is 227 g/mol. The largest absolute Gasteiger partial charge is 0.389 e. The molecule has 0 aromatic carbocycles. The standard InChI is InChI=1S/C13H25NO2/c1-10(12(2,3)4)8-11(15)14(7)9-13(5,6)16/h8,16H,9H2,1-7H3/b10-8-. The van der Waals surface area contributed by atoms with E-state index in [1.807, 2.05) is 6.92 Å². The molecule has 0 heterocycles. The highest BCUT2D eigenvalue weighted by molar-refractivity contribution is 5.88. The lowest BCUT2D eigenvalue weighted by Crippen LogP contribution is -2.39. The van der Waals surface area contributed by atoms with Crippen molar-refractivity contribution in [1.29, 1.82) is 0 Å². The molecule has 3 nitrogen and oxygen atoms in total. The minimum Gasteiger partial charge on any atom is -0.389 e. The van der Waals surface area contributed by atoms with Crippen molar-refractivity contribution >= 4 is 5.91 Å². The number of likely N-dealkylation sites (N-methyl/N-ethyl adjacent to an activating group) is 1. The molecule has 0 saturated heterocycles. The lowest BCUT2D eigenvalue weighted by molar-refractivity contribution is -0.127. The molecule has 3 heteroatoms. The fourth-order valence-corrected chi connectivity index (χ4v) is 1.17. The van der Waals surface area contributed by atoms with Crippen molar-refractivity contribution in [2.75, 3.05) is 13.6 Å². The van der Waals surface area contributed by atoms with Crippen molar-refractivity contribution in [2.24, 2.45) is 5.41 Å². The fourth-order valence-electron chi connectivity index (χ4n) is 1.17. The fraction of sp³-hybridized carbons (Fsp3) is 0.769. The molecule has 0 aliphatic carbocycles. The first kappa shape index (κ1) is 15.2. The molecule has 0 aliphatic heterocycles. The van der Waals surface area contributed by atoms with Crippen molar-refractivity contribution in [1.82, 2.24) is 4.90 Å². The minimum absolute atomic E-state index is 0.00519. The van der Waals surface area contributed by atoms with Crippen LogP contribution in [0.15, 0.2) is 11.6 Å². The third kappa shape index (κ3) is 5.91. The van der Waals surface area contributed by atoms with Crippen molar-refractivity contribution in [2.45, 2.75) is 47.1 Å². The van der Waals surface area contributed by atoms with Gasteiger partial charge in [0.25, 0.3) is 0 Å².